The Kier molecular flexibility index (Phi) is 6.09. The van der Waals surface area contributed by atoms with Crippen LogP contribution in [0.25, 0.3) is 22.6 Å². The van der Waals surface area contributed by atoms with Crippen LogP contribution in [0.3, 0.4) is 0 Å². The van der Waals surface area contributed by atoms with Crippen molar-refractivity contribution in [1.29, 1.82) is 0 Å². The molecule has 0 bridgehead atoms. The largest absolute Gasteiger partial charge is 0.309 e. The molecule has 0 unspecified atom stereocenters. The lowest BCUT2D eigenvalue weighted by molar-refractivity contribution is -0.384. The summed E-state index contributed by atoms with van der Waals surface area (Å²) in [4.78, 5) is 34.7. The van der Waals surface area contributed by atoms with Crippen molar-refractivity contribution in [3.8, 4) is 22.6 Å². The van der Waals surface area contributed by atoms with E-state index in [4.69, 9.17) is 0 Å². The van der Waals surface area contributed by atoms with Crippen LogP contribution in [0.15, 0.2) is 54.6 Å². The number of hydrogen-bond donors (Lipinski definition) is 0. The van der Waals surface area contributed by atoms with E-state index in [1.165, 1.54) is 19.1 Å². The maximum atomic E-state index is 12.5. The first-order chi connectivity index (χ1) is 13.9. The van der Waals surface area contributed by atoms with Crippen molar-refractivity contribution in [3.63, 3.8) is 0 Å². The molecule has 0 N–H and O–H groups in total. The van der Waals surface area contributed by atoms with Crippen molar-refractivity contribution in [2.45, 2.75) is 13.3 Å². The van der Waals surface area contributed by atoms with Gasteiger partial charge in [0.2, 0.25) is 0 Å². The lowest BCUT2D eigenvalue weighted by Gasteiger charge is -2.16. The van der Waals surface area contributed by atoms with Crippen LogP contribution < -0.4 is 0 Å². The zero-order valence-corrected chi connectivity index (χ0v) is 16.6. The van der Waals surface area contributed by atoms with Gasteiger partial charge in [-0.2, -0.15) is 0 Å². The third-order valence-electron chi connectivity index (χ3n) is 4.49. The molecule has 0 fully saturated rings. The molecular formula is C22H22N4O3. The molecule has 0 atom stereocenters. The maximum absolute atomic E-state index is 12.5. The summed E-state index contributed by atoms with van der Waals surface area (Å²) in [5, 5.41) is 11.2. The second-order valence-corrected chi connectivity index (χ2v) is 7.00. The van der Waals surface area contributed by atoms with Crippen LogP contribution in [-0.4, -0.2) is 46.2 Å². The number of nitro benzene ring substituents is 1. The molecule has 0 aliphatic rings. The monoisotopic (exact) mass is 390 g/mol. The van der Waals surface area contributed by atoms with Gasteiger partial charge in [0.15, 0.2) is 11.6 Å². The van der Waals surface area contributed by atoms with Gasteiger partial charge in [-0.15, -0.1) is 0 Å². The van der Waals surface area contributed by atoms with Gasteiger partial charge in [0.25, 0.3) is 5.69 Å². The molecule has 29 heavy (non-hydrogen) atoms. The molecule has 0 spiro atoms. The highest BCUT2D eigenvalue weighted by atomic mass is 16.6. The van der Waals surface area contributed by atoms with Gasteiger partial charge >= 0.3 is 0 Å². The molecule has 0 aliphatic carbocycles. The van der Waals surface area contributed by atoms with E-state index in [1.807, 2.05) is 49.3 Å². The molecule has 0 amide bonds. The number of rotatable bonds is 7. The molecule has 0 radical (unpaired) electrons. The van der Waals surface area contributed by atoms with Crippen molar-refractivity contribution in [2.24, 2.45) is 0 Å². The molecule has 2 aromatic carbocycles. The third kappa shape index (κ3) is 4.70. The predicted molar refractivity (Wildman–Crippen MR) is 112 cm³/mol. The SMILES string of the molecule is CC(=O)c1c(CCN(C)C)nc(-c2ccccc2)nc1-c1cccc([N+](=O)[O-])c1. The van der Waals surface area contributed by atoms with Gasteiger partial charge in [-0.05, 0) is 21.0 Å². The fourth-order valence-electron chi connectivity index (χ4n) is 3.08. The first-order valence-electron chi connectivity index (χ1n) is 9.23. The van der Waals surface area contributed by atoms with Crippen LogP contribution in [0.1, 0.15) is 23.0 Å². The number of nitrogens with zero attached hydrogens (tertiary/aromatic N) is 4. The Bertz CT molecular complexity index is 1050. The molecule has 0 aliphatic heterocycles. The Morgan fingerprint density at radius 1 is 1.03 bits per heavy atom. The highest BCUT2D eigenvalue weighted by Gasteiger charge is 2.21. The summed E-state index contributed by atoms with van der Waals surface area (Å²) in [5.74, 6) is 0.325. The fourth-order valence-corrected chi connectivity index (χ4v) is 3.08. The van der Waals surface area contributed by atoms with Gasteiger partial charge in [-0.1, -0.05) is 42.5 Å². The molecule has 1 heterocycles. The fraction of sp³-hybridized carbons (Fsp3) is 0.227. The van der Waals surface area contributed by atoms with E-state index in [1.54, 1.807) is 12.1 Å². The quantitative estimate of drug-likeness (QED) is 0.344. The van der Waals surface area contributed by atoms with Crippen LogP contribution in [0.2, 0.25) is 0 Å². The molecule has 7 nitrogen and oxygen atoms in total. The second-order valence-electron chi connectivity index (χ2n) is 7.00. The van der Waals surface area contributed by atoms with E-state index in [0.29, 0.717) is 41.3 Å². The van der Waals surface area contributed by atoms with Crippen molar-refractivity contribution < 1.29 is 9.72 Å². The van der Waals surface area contributed by atoms with E-state index < -0.39 is 4.92 Å². The number of benzene rings is 2. The topological polar surface area (TPSA) is 89.2 Å². The van der Waals surface area contributed by atoms with Crippen LogP contribution in [0.4, 0.5) is 5.69 Å². The summed E-state index contributed by atoms with van der Waals surface area (Å²) in [6.07, 6.45) is 0.562. The van der Waals surface area contributed by atoms with E-state index in [2.05, 4.69) is 9.97 Å². The zero-order valence-electron chi connectivity index (χ0n) is 16.6. The summed E-state index contributed by atoms with van der Waals surface area (Å²) in [6.45, 7) is 2.18. The molecule has 1 aromatic heterocycles. The Labute approximate surface area is 169 Å². The Morgan fingerprint density at radius 2 is 1.72 bits per heavy atom. The van der Waals surface area contributed by atoms with E-state index >= 15 is 0 Å². The van der Waals surface area contributed by atoms with Crippen molar-refractivity contribution in [3.05, 3.63) is 76.0 Å². The van der Waals surface area contributed by atoms with E-state index in [9.17, 15) is 14.9 Å². The first kappa shape index (κ1) is 20.3. The minimum Gasteiger partial charge on any atom is -0.309 e. The van der Waals surface area contributed by atoms with Gasteiger partial charge in [0.05, 0.1) is 21.9 Å². The standard InChI is InChI=1S/C22H22N4O3/c1-15(27)20-19(12-13-25(2)3)23-22(16-8-5-4-6-9-16)24-21(20)17-10-7-11-18(14-17)26(28)29/h4-11,14H,12-13H2,1-3H3. The van der Waals surface area contributed by atoms with E-state index in [-0.39, 0.29) is 11.5 Å². The number of non-ortho nitro benzene ring substituents is 1. The average molecular weight is 390 g/mol. The number of ketones is 1. The number of carbonyl (C=O) groups excluding carboxylic acids is 1. The van der Waals surface area contributed by atoms with Crippen LogP contribution in [-0.2, 0) is 6.42 Å². The van der Waals surface area contributed by atoms with Crippen LogP contribution in [0.5, 0.6) is 0 Å². The minimum absolute atomic E-state index is 0.0493. The predicted octanol–water partition coefficient (Wildman–Crippen LogP) is 4.03. The number of carbonyl (C=O) groups is 1. The average Bonchev–Trinajstić information content (AvgIpc) is 2.72. The lowest BCUT2D eigenvalue weighted by Crippen LogP contribution is -2.18. The Morgan fingerprint density at radius 3 is 2.34 bits per heavy atom. The van der Waals surface area contributed by atoms with E-state index in [0.717, 1.165) is 5.56 Å². The number of hydrogen-bond acceptors (Lipinski definition) is 6. The number of likely N-dealkylation sites (N-methyl/N-ethyl adjacent to an activating group) is 1. The summed E-state index contributed by atoms with van der Waals surface area (Å²) in [6, 6.07) is 15.7. The molecule has 7 heteroatoms. The van der Waals surface area contributed by atoms with Gasteiger partial charge in [-0.3, -0.25) is 14.9 Å². The summed E-state index contributed by atoms with van der Waals surface area (Å²) < 4.78 is 0. The minimum atomic E-state index is -0.455. The number of aromatic nitrogens is 2. The first-order valence-corrected chi connectivity index (χ1v) is 9.23. The summed E-state index contributed by atoms with van der Waals surface area (Å²) >= 11 is 0. The smallest absolute Gasteiger partial charge is 0.270 e. The Balaban J connectivity index is 2.26. The van der Waals surface area contributed by atoms with Crippen LogP contribution >= 0.6 is 0 Å². The molecule has 3 aromatic rings. The second kappa shape index (κ2) is 8.70. The maximum Gasteiger partial charge on any atom is 0.270 e. The van der Waals surface area contributed by atoms with Gasteiger partial charge in [-0.25, -0.2) is 9.97 Å². The summed E-state index contributed by atoms with van der Waals surface area (Å²) in [5.41, 5.74) is 2.76. The molecular weight excluding hydrogens is 368 g/mol. The molecule has 0 saturated carbocycles. The van der Waals surface area contributed by atoms with Crippen molar-refractivity contribution in [2.75, 3.05) is 20.6 Å². The lowest BCUT2D eigenvalue weighted by atomic mass is 9.99. The normalized spacial score (nSPS) is 10.9. The van der Waals surface area contributed by atoms with Crippen LogP contribution in [0, 0.1) is 10.1 Å². The molecule has 3 rings (SSSR count). The summed E-state index contributed by atoms with van der Waals surface area (Å²) in [7, 11) is 3.91. The van der Waals surface area contributed by atoms with Gasteiger partial charge in [0, 0.05) is 36.2 Å². The van der Waals surface area contributed by atoms with Crippen molar-refractivity contribution in [1.82, 2.24) is 14.9 Å². The Hall–Kier alpha value is -3.45. The van der Waals surface area contributed by atoms with Gasteiger partial charge < -0.3 is 4.90 Å². The number of Topliss-reactive ketones (excluding diaryl/α,β-unsaturated/α-hetero) is 1. The molecule has 148 valence electrons. The highest BCUT2D eigenvalue weighted by Crippen LogP contribution is 2.30. The third-order valence-corrected chi connectivity index (χ3v) is 4.49. The van der Waals surface area contributed by atoms with Gasteiger partial charge in [0.1, 0.15) is 0 Å². The highest BCUT2D eigenvalue weighted by molar-refractivity contribution is 6.01. The molecule has 0 saturated heterocycles. The van der Waals surface area contributed by atoms with Crippen molar-refractivity contribution >= 4 is 11.5 Å². The number of nitro groups is 1. The zero-order chi connectivity index (χ0) is 21.0.